The molecule has 0 spiro atoms. The van der Waals surface area contributed by atoms with Crippen LogP contribution in [0.3, 0.4) is 0 Å². The van der Waals surface area contributed by atoms with Gasteiger partial charge in [-0.05, 0) is 32.1 Å². The van der Waals surface area contributed by atoms with Crippen LogP contribution in [0.4, 0.5) is 0 Å². The van der Waals surface area contributed by atoms with Crippen molar-refractivity contribution in [2.45, 2.75) is 19.9 Å². The molecule has 0 saturated heterocycles. The standard InChI is InChI=1S/C14H22N2O2/c1-10(2)12(14(17)18-5)13(16(3)4)11-8-6-7-9-15-11/h6-10,12-13H,1-5H3. The maximum absolute atomic E-state index is 12.0. The van der Waals surface area contributed by atoms with Gasteiger partial charge in [-0.3, -0.25) is 9.78 Å². The summed E-state index contributed by atoms with van der Waals surface area (Å²) in [6.07, 6.45) is 1.75. The van der Waals surface area contributed by atoms with Gasteiger partial charge in [0.05, 0.1) is 24.8 Å². The summed E-state index contributed by atoms with van der Waals surface area (Å²) in [7, 11) is 5.35. The number of pyridine rings is 1. The van der Waals surface area contributed by atoms with Crippen LogP contribution in [-0.4, -0.2) is 37.1 Å². The van der Waals surface area contributed by atoms with Crippen LogP contribution in [0.25, 0.3) is 0 Å². The van der Waals surface area contributed by atoms with Crippen LogP contribution < -0.4 is 0 Å². The normalized spacial score (nSPS) is 14.6. The van der Waals surface area contributed by atoms with Gasteiger partial charge in [-0.25, -0.2) is 0 Å². The van der Waals surface area contributed by atoms with Crippen molar-refractivity contribution in [2.24, 2.45) is 11.8 Å². The van der Waals surface area contributed by atoms with Crippen LogP contribution in [-0.2, 0) is 9.53 Å². The molecule has 0 saturated carbocycles. The van der Waals surface area contributed by atoms with Crippen LogP contribution in [0.5, 0.6) is 0 Å². The lowest BCUT2D eigenvalue weighted by Crippen LogP contribution is -2.36. The summed E-state index contributed by atoms with van der Waals surface area (Å²) in [5.74, 6) is -0.221. The molecule has 1 heterocycles. The molecule has 0 bridgehead atoms. The smallest absolute Gasteiger partial charge is 0.310 e. The van der Waals surface area contributed by atoms with E-state index in [1.54, 1.807) is 6.20 Å². The lowest BCUT2D eigenvalue weighted by Gasteiger charge is -2.32. The number of hydrogen-bond donors (Lipinski definition) is 0. The van der Waals surface area contributed by atoms with E-state index in [0.29, 0.717) is 0 Å². The zero-order valence-electron chi connectivity index (χ0n) is 11.8. The SMILES string of the molecule is COC(=O)C(C(C)C)C(c1ccccn1)N(C)C. The number of carbonyl (C=O) groups excluding carboxylic acids is 1. The van der Waals surface area contributed by atoms with Gasteiger partial charge < -0.3 is 9.64 Å². The van der Waals surface area contributed by atoms with Gasteiger partial charge in [0.25, 0.3) is 0 Å². The van der Waals surface area contributed by atoms with E-state index >= 15 is 0 Å². The second kappa shape index (κ2) is 6.50. The predicted octanol–water partition coefficient (Wildman–Crippen LogP) is 2.13. The molecule has 1 rings (SSSR count). The molecule has 2 unspecified atom stereocenters. The zero-order valence-corrected chi connectivity index (χ0v) is 11.8. The predicted molar refractivity (Wildman–Crippen MR) is 71.0 cm³/mol. The van der Waals surface area contributed by atoms with Crippen LogP contribution in [0.2, 0.25) is 0 Å². The highest BCUT2D eigenvalue weighted by Gasteiger charge is 2.35. The molecule has 1 aromatic heterocycles. The van der Waals surface area contributed by atoms with E-state index in [-0.39, 0.29) is 23.8 Å². The van der Waals surface area contributed by atoms with Crippen LogP contribution in [0.15, 0.2) is 24.4 Å². The number of aromatic nitrogens is 1. The highest BCUT2D eigenvalue weighted by Crippen LogP contribution is 2.31. The number of hydrogen-bond acceptors (Lipinski definition) is 4. The molecule has 2 atom stereocenters. The van der Waals surface area contributed by atoms with E-state index in [0.717, 1.165) is 5.69 Å². The maximum atomic E-state index is 12.0. The second-order valence-corrected chi connectivity index (χ2v) is 4.96. The third-order valence-corrected chi connectivity index (χ3v) is 3.08. The first-order valence-electron chi connectivity index (χ1n) is 6.14. The van der Waals surface area contributed by atoms with Gasteiger partial charge in [0.15, 0.2) is 0 Å². The fourth-order valence-electron chi connectivity index (χ4n) is 2.22. The molecule has 0 amide bonds. The topological polar surface area (TPSA) is 42.4 Å². The van der Waals surface area contributed by atoms with Gasteiger partial charge in [-0.1, -0.05) is 19.9 Å². The largest absolute Gasteiger partial charge is 0.469 e. The van der Waals surface area contributed by atoms with Crippen molar-refractivity contribution in [3.8, 4) is 0 Å². The average molecular weight is 250 g/mol. The minimum atomic E-state index is -0.222. The van der Waals surface area contributed by atoms with Crippen molar-refractivity contribution in [3.63, 3.8) is 0 Å². The maximum Gasteiger partial charge on any atom is 0.310 e. The fraction of sp³-hybridized carbons (Fsp3) is 0.571. The number of rotatable bonds is 5. The van der Waals surface area contributed by atoms with E-state index in [2.05, 4.69) is 4.98 Å². The Kier molecular flexibility index (Phi) is 5.28. The molecule has 0 N–H and O–H groups in total. The molecule has 0 aliphatic heterocycles. The summed E-state index contributed by atoms with van der Waals surface area (Å²) in [5.41, 5.74) is 0.895. The Morgan fingerprint density at radius 2 is 2.00 bits per heavy atom. The monoisotopic (exact) mass is 250 g/mol. The molecule has 4 nitrogen and oxygen atoms in total. The summed E-state index contributed by atoms with van der Waals surface area (Å²) in [6.45, 7) is 4.06. The van der Waals surface area contributed by atoms with Crippen molar-refractivity contribution in [3.05, 3.63) is 30.1 Å². The van der Waals surface area contributed by atoms with Gasteiger partial charge in [-0.2, -0.15) is 0 Å². The van der Waals surface area contributed by atoms with E-state index in [9.17, 15) is 4.79 Å². The Morgan fingerprint density at radius 1 is 1.33 bits per heavy atom. The first-order chi connectivity index (χ1) is 8.49. The van der Waals surface area contributed by atoms with Gasteiger partial charge in [0.2, 0.25) is 0 Å². The van der Waals surface area contributed by atoms with Crippen LogP contribution in [0.1, 0.15) is 25.6 Å². The zero-order chi connectivity index (χ0) is 13.7. The molecular weight excluding hydrogens is 228 g/mol. The summed E-state index contributed by atoms with van der Waals surface area (Å²) < 4.78 is 4.93. The Labute approximate surface area is 109 Å². The van der Waals surface area contributed by atoms with E-state index in [1.807, 2.05) is 51.0 Å². The van der Waals surface area contributed by atoms with Crippen molar-refractivity contribution >= 4 is 5.97 Å². The Morgan fingerprint density at radius 3 is 2.39 bits per heavy atom. The van der Waals surface area contributed by atoms with E-state index in [1.165, 1.54) is 7.11 Å². The van der Waals surface area contributed by atoms with Crippen LogP contribution in [0, 0.1) is 11.8 Å². The van der Waals surface area contributed by atoms with Gasteiger partial charge in [0, 0.05) is 6.20 Å². The minimum Gasteiger partial charge on any atom is -0.469 e. The molecule has 100 valence electrons. The quantitative estimate of drug-likeness (QED) is 0.751. The second-order valence-electron chi connectivity index (χ2n) is 4.96. The molecule has 0 fully saturated rings. The van der Waals surface area contributed by atoms with Gasteiger partial charge in [-0.15, -0.1) is 0 Å². The highest BCUT2D eigenvalue weighted by molar-refractivity contribution is 5.73. The third kappa shape index (κ3) is 3.29. The number of nitrogens with zero attached hydrogens (tertiary/aromatic N) is 2. The van der Waals surface area contributed by atoms with E-state index in [4.69, 9.17) is 4.74 Å². The highest BCUT2D eigenvalue weighted by atomic mass is 16.5. The summed E-state index contributed by atoms with van der Waals surface area (Å²) in [6, 6.07) is 5.69. The van der Waals surface area contributed by atoms with Gasteiger partial charge >= 0.3 is 5.97 Å². The molecule has 0 radical (unpaired) electrons. The van der Waals surface area contributed by atoms with Gasteiger partial charge in [0.1, 0.15) is 0 Å². The lowest BCUT2D eigenvalue weighted by atomic mass is 9.85. The Hall–Kier alpha value is -1.42. The third-order valence-electron chi connectivity index (χ3n) is 3.08. The molecule has 1 aromatic rings. The van der Waals surface area contributed by atoms with Crippen LogP contribution >= 0.6 is 0 Å². The van der Waals surface area contributed by atoms with E-state index < -0.39 is 0 Å². The molecule has 0 aromatic carbocycles. The molecule has 4 heteroatoms. The number of carbonyl (C=O) groups is 1. The number of ether oxygens (including phenoxy) is 1. The number of esters is 1. The molecular formula is C14H22N2O2. The summed E-state index contributed by atoms with van der Waals surface area (Å²) >= 11 is 0. The van der Waals surface area contributed by atoms with Crippen molar-refractivity contribution in [1.29, 1.82) is 0 Å². The lowest BCUT2D eigenvalue weighted by molar-refractivity contribution is -0.149. The van der Waals surface area contributed by atoms with Crippen molar-refractivity contribution in [1.82, 2.24) is 9.88 Å². The molecule has 18 heavy (non-hydrogen) atoms. The first kappa shape index (κ1) is 14.6. The van der Waals surface area contributed by atoms with Crippen molar-refractivity contribution in [2.75, 3.05) is 21.2 Å². The number of methoxy groups -OCH3 is 1. The molecule has 0 aliphatic carbocycles. The summed E-state index contributed by atoms with van der Waals surface area (Å²) in [5, 5.41) is 0. The fourth-order valence-corrected chi connectivity index (χ4v) is 2.22. The van der Waals surface area contributed by atoms with Crippen molar-refractivity contribution < 1.29 is 9.53 Å². The average Bonchev–Trinajstić information content (AvgIpc) is 2.35. The Balaban J connectivity index is 3.14. The first-order valence-corrected chi connectivity index (χ1v) is 6.14. The Bertz CT molecular complexity index is 377. The summed E-state index contributed by atoms with van der Waals surface area (Å²) in [4.78, 5) is 18.4. The molecule has 0 aliphatic rings. The minimum absolute atomic E-state index is 0.0707.